The van der Waals surface area contributed by atoms with Crippen molar-refractivity contribution in [3.05, 3.63) is 28.8 Å². The molecule has 3 heteroatoms. The molecule has 1 aromatic rings. The lowest BCUT2D eigenvalue weighted by Crippen LogP contribution is -2.05. The highest BCUT2D eigenvalue weighted by Crippen LogP contribution is 2.22. The maximum absolute atomic E-state index is 11.3. The van der Waals surface area contributed by atoms with Crippen molar-refractivity contribution in [2.45, 2.75) is 20.8 Å². The van der Waals surface area contributed by atoms with Gasteiger partial charge in [0.25, 0.3) is 0 Å². The average Bonchev–Trinajstić information content (AvgIpc) is 2.13. The number of esters is 1. The first-order valence-corrected chi connectivity index (χ1v) is 4.53. The third kappa shape index (κ3) is 2.05. The van der Waals surface area contributed by atoms with Crippen LogP contribution in [0.1, 0.15) is 28.4 Å². The van der Waals surface area contributed by atoms with Crippen LogP contribution in [-0.2, 0) is 4.74 Å². The minimum absolute atomic E-state index is 0.132. The van der Waals surface area contributed by atoms with Gasteiger partial charge < -0.3 is 9.84 Å². The third-order valence-corrected chi connectivity index (χ3v) is 2.15. The largest absolute Gasteiger partial charge is 0.508 e. The lowest BCUT2D eigenvalue weighted by atomic mass is 10.1. The number of rotatable bonds is 2. The Hall–Kier alpha value is -1.51. The van der Waals surface area contributed by atoms with Gasteiger partial charge in [-0.3, -0.25) is 0 Å². The molecule has 0 fully saturated rings. The third-order valence-electron chi connectivity index (χ3n) is 2.15. The first kappa shape index (κ1) is 10.6. The molecule has 0 spiro atoms. The van der Waals surface area contributed by atoms with Gasteiger partial charge in [0, 0.05) is 0 Å². The number of ether oxygens (including phenoxy) is 1. The highest BCUT2D eigenvalue weighted by molar-refractivity contribution is 5.90. The van der Waals surface area contributed by atoms with Crippen LogP contribution in [-0.4, -0.2) is 17.7 Å². The zero-order chi connectivity index (χ0) is 10.7. The molecule has 0 aromatic heterocycles. The molecular formula is C11H14O3. The summed E-state index contributed by atoms with van der Waals surface area (Å²) in [7, 11) is 0. The van der Waals surface area contributed by atoms with Crippen molar-refractivity contribution in [1.29, 1.82) is 0 Å². The molecule has 0 radical (unpaired) electrons. The highest BCUT2D eigenvalue weighted by atomic mass is 16.5. The standard InChI is InChI=1S/C11H14O3/c1-4-14-11(13)9-5-7(2)8(3)10(12)6-9/h5-6,12H,4H2,1-3H3. The monoisotopic (exact) mass is 194 g/mol. The van der Waals surface area contributed by atoms with Crippen LogP contribution in [0.15, 0.2) is 12.1 Å². The van der Waals surface area contributed by atoms with E-state index in [9.17, 15) is 9.90 Å². The molecule has 14 heavy (non-hydrogen) atoms. The molecule has 0 atom stereocenters. The van der Waals surface area contributed by atoms with E-state index in [1.165, 1.54) is 6.07 Å². The topological polar surface area (TPSA) is 46.5 Å². The van der Waals surface area contributed by atoms with Crippen molar-refractivity contribution < 1.29 is 14.6 Å². The fourth-order valence-electron chi connectivity index (χ4n) is 1.17. The Morgan fingerprint density at radius 3 is 2.57 bits per heavy atom. The molecule has 0 amide bonds. The van der Waals surface area contributed by atoms with Crippen LogP contribution in [0.5, 0.6) is 5.75 Å². The van der Waals surface area contributed by atoms with E-state index >= 15 is 0 Å². The van der Waals surface area contributed by atoms with Crippen molar-refractivity contribution >= 4 is 5.97 Å². The van der Waals surface area contributed by atoms with Crippen LogP contribution in [0.4, 0.5) is 0 Å². The zero-order valence-electron chi connectivity index (χ0n) is 8.63. The maximum atomic E-state index is 11.3. The van der Waals surface area contributed by atoms with Gasteiger partial charge in [0.1, 0.15) is 5.75 Å². The van der Waals surface area contributed by atoms with Gasteiger partial charge in [-0.25, -0.2) is 4.79 Å². The van der Waals surface area contributed by atoms with Gasteiger partial charge in [-0.05, 0) is 44.0 Å². The first-order valence-electron chi connectivity index (χ1n) is 4.53. The number of hydrogen-bond acceptors (Lipinski definition) is 3. The van der Waals surface area contributed by atoms with Gasteiger partial charge in [-0.1, -0.05) is 0 Å². The Bertz CT molecular complexity index is 333. The highest BCUT2D eigenvalue weighted by Gasteiger charge is 2.10. The summed E-state index contributed by atoms with van der Waals surface area (Å²) in [4.78, 5) is 11.3. The van der Waals surface area contributed by atoms with Crippen LogP contribution in [0.2, 0.25) is 0 Å². The van der Waals surface area contributed by atoms with Crippen molar-refractivity contribution in [2.75, 3.05) is 6.61 Å². The molecule has 76 valence electrons. The Labute approximate surface area is 83.3 Å². The quantitative estimate of drug-likeness (QED) is 0.734. The van der Waals surface area contributed by atoms with Crippen molar-refractivity contribution in [3.8, 4) is 5.75 Å². The van der Waals surface area contributed by atoms with Crippen LogP contribution < -0.4 is 0 Å². The molecule has 1 N–H and O–H groups in total. The van der Waals surface area contributed by atoms with E-state index in [0.717, 1.165) is 11.1 Å². The summed E-state index contributed by atoms with van der Waals surface area (Å²) in [5.41, 5.74) is 2.07. The molecule has 0 unspecified atom stereocenters. The van der Waals surface area contributed by atoms with Crippen LogP contribution in [0.3, 0.4) is 0 Å². The minimum Gasteiger partial charge on any atom is -0.508 e. The van der Waals surface area contributed by atoms with Gasteiger partial charge in [0.2, 0.25) is 0 Å². The summed E-state index contributed by atoms with van der Waals surface area (Å²) < 4.78 is 4.83. The molecule has 0 saturated heterocycles. The number of aromatic hydroxyl groups is 1. The smallest absolute Gasteiger partial charge is 0.338 e. The van der Waals surface area contributed by atoms with E-state index in [1.54, 1.807) is 19.9 Å². The van der Waals surface area contributed by atoms with E-state index < -0.39 is 5.97 Å². The fraction of sp³-hybridized carbons (Fsp3) is 0.364. The second-order valence-corrected chi connectivity index (χ2v) is 3.16. The molecule has 0 aliphatic rings. The summed E-state index contributed by atoms with van der Waals surface area (Å²) in [5, 5.41) is 9.49. The number of carbonyl (C=O) groups is 1. The lowest BCUT2D eigenvalue weighted by Gasteiger charge is -2.07. The van der Waals surface area contributed by atoms with E-state index in [4.69, 9.17) is 4.74 Å². The Kier molecular flexibility index (Phi) is 3.12. The van der Waals surface area contributed by atoms with Gasteiger partial charge >= 0.3 is 5.97 Å². The Morgan fingerprint density at radius 1 is 1.43 bits per heavy atom. The molecule has 0 heterocycles. The van der Waals surface area contributed by atoms with Gasteiger partial charge in [-0.15, -0.1) is 0 Å². The summed E-state index contributed by atoms with van der Waals surface area (Å²) in [6.45, 7) is 5.74. The van der Waals surface area contributed by atoms with Gasteiger partial charge in [-0.2, -0.15) is 0 Å². The number of phenolic OH excluding ortho intramolecular Hbond substituents is 1. The summed E-state index contributed by atoms with van der Waals surface area (Å²) in [6, 6.07) is 3.15. The molecular weight excluding hydrogens is 180 g/mol. The summed E-state index contributed by atoms with van der Waals surface area (Å²) >= 11 is 0. The van der Waals surface area contributed by atoms with E-state index in [2.05, 4.69) is 0 Å². The maximum Gasteiger partial charge on any atom is 0.338 e. The zero-order valence-corrected chi connectivity index (χ0v) is 8.63. The second-order valence-electron chi connectivity index (χ2n) is 3.16. The number of carbonyl (C=O) groups excluding carboxylic acids is 1. The molecule has 0 bridgehead atoms. The number of hydrogen-bond donors (Lipinski definition) is 1. The molecule has 0 aliphatic heterocycles. The number of phenols is 1. The van der Waals surface area contributed by atoms with Crippen molar-refractivity contribution in [3.63, 3.8) is 0 Å². The van der Waals surface area contributed by atoms with Crippen LogP contribution >= 0.6 is 0 Å². The Balaban J connectivity index is 3.06. The van der Waals surface area contributed by atoms with Gasteiger partial charge in [0.05, 0.1) is 12.2 Å². The van der Waals surface area contributed by atoms with Crippen LogP contribution in [0.25, 0.3) is 0 Å². The predicted octanol–water partition coefficient (Wildman–Crippen LogP) is 2.19. The molecule has 1 aromatic carbocycles. The molecule has 0 aliphatic carbocycles. The SMILES string of the molecule is CCOC(=O)c1cc(C)c(C)c(O)c1. The average molecular weight is 194 g/mol. The molecule has 0 saturated carbocycles. The molecule has 3 nitrogen and oxygen atoms in total. The molecule has 1 rings (SSSR count). The number of benzene rings is 1. The fourth-order valence-corrected chi connectivity index (χ4v) is 1.17. The van der Waals surface area contributed by atoms with Gasteiger partial charge in [0.15, 0.2) is 0 Å². The second kappa shape index (κ2) is 4.13. The summed E-state index contributed by atoms with van der Waals surface area (Å²) in [6.07, 6.45) is 0. The number of aryl methyl sites for hydroxylation is 1. The first-order chi connectivity index (χ1) is 6.56. The van der Waals surface area contributed by atoms with E-state index in [0.29, 0.717) is 12.2 Å². The Morgan fingerprint density at radius 2 is 2.07 bits per heavy atom. The van der Waals surface area contributed by atoms with Crippen molar-refractivity contribution in [1.82, 2.24) is 0 Å². The van der Waals surface area contributed by atoms with E-state index in [-0.39, 0.29) is 5.75 Å². The normalized spacial score (nSPS) is 9.93. The lowest BCUT2D eigenvalue weighted by molar-refractivity contribution is 0.0526. The minimum atomic E-state index is -0.397. The predicted molar refractivity (Wildman–Crippen MR) is 53.5 cm³/mol. The van der Waals surface area contributed by atoms with Crippen LogP contribution in [0, 0.1) is 13.8 Å². The van der Waals surface area contributed by atoms with E-state index in [1.807, 2.05) is 6.92 Å². The summed E-state index contributed by atoms with van der Waals surface area (Å²) in [5.74, 6) is -0.265. The van der Waals surface area contributed by atoms with Crippen molar-refractivity contribution in [2.24, 2.45) is 0 Å².